The Morgan fingerprint density at radius 3 is 2.36 bits per heavy atom. The van der Waals surface area contributed by atoms with Crippen molar-refractivity contribution in [3.63, 3.8) is 0 Å². The smallest absolute Gasteiger partial charge is 0.416 e. The first kappa shape index (κ1) is 32.0. The standard InChI is InChI=1S/C31H34F3N3O5/c1-19-14-24(27(15-20(19)2)29(35-4)30(38)39-5)18-42-36-21(3)28(37-40-6)23-10-12-26(13-11-23)41-17-22-8-7-9-25(16-22)31(32,33)34/h7-14,16,35H,15,17-18H2,1-6H3. The molecular formula is C31H34F3N3O5. The number of hydrogen-bond donors (Lipinski definition) is 1. The van der Waals surface area contributed by atoms with E-state index in [1.165, 1.54) is 20.3 Å². The second-order valence-electron chi connectivity index (χ2n) is 9.49. The van der Waals surface area contributed by atoms with Crippen LogP contribution in [0.25, 0.3) is 0 Å². The number of carbonyl (C=O) groups is 1. The van der Waals surface area contributed by atoms with Gasteiger partial charge in [0, 0.05) is 12.6 Å². The lowest BCUT2D eigenvalue weighted by molar-refractivity contribution is -0.138. The molecule has 2 aromatic rings. The second kappa shape index (κ2) is 14.4. The molecule has 1 aliphatic carbocycles. The first-order chi connectivity index (χ1) is 20.0. The average Bonchev–Trinajstić information content (AvgIpc) is 2.97. The minimum Gasteiger partial charge on any atom is -0.489 e. The van der Waals surface area contributed by atoms with Crippen LogP contribution >= 0.6 is 0 Å². The van der Waals surface area contributed by atoms with Gasteiger partial charge >= 0.3 is 12.1 Å². The number of hydrogen-bond acceptors (Lipinski definition) is 8. The number of rotatable bonds is 11. The molecule has 0 saturated heterocycles. The Labute approximate surface area is 243 Å². The zero-order chi connectivity index (χ0) is 30.9. The largest absolute Gasteiger partial charge is 0.489 e. The Bertz CT molecular complexity index is 1440. The third kappa shape index (κ3) is 8.25. The minimum absolute atomic E-state index is 0.0255. The quantitative estimate of drug-likeness (QED) is 0.143. The molecule has 3 rings (SSSR count). The van der Waals surface area contributed by atoms with Gasteiger partial charge in [0.1, 0.15) is 43.2 Å². The zero-order valence-electron chi connectivity index (χ0n) is 24.4. The Balaban J connectivity index is 1.73. The van der Waals surface area contributed by atoms with Gasteiger partial charge in [0.25, 0.3) is 0 Å². The summed E-state index contributed by atoms with van der Waals surface area (Å²) in [5.74, 6) is -0.00538. The molecule has 1 aliphatic rings. The lowest BCUT2D eigenvalue weighted by Crippen LogP contribution is -2.22. The molecular weight excluding hydrogens is 551 g/mol. The zero-order valence-corrected chi connectivity index (χ0v) is 24.4. The number of alkyl halides is 3. The number of ether oxygens (including phenoxy) is 2. The van der Waals surface area contributed by atoms with E-state index in [0.29, 0.717) is 40.4 Å². The Morgan fingerprint density at radius 2 is 1.74 bits per heavy atom. The molecule has 0 spiro atoms. The van der Waals surface area contributed by atoms with Crippen LogP contribution in [0, 0.1) is 0 Å². The summed E-state index contributed by atoms with van der Waals surface area (Å²) in [5, 5.41) is 11.3. The fraction of sp³-hybridized carbons (Fsp3) is 0.323. The van der Waals surface area contributed by atoms with Crippen LogP contribution in [-0.4, -0.2) is 45.3 Å². The highest BCUT2D eigenvalue weighted by atomic mass is 19.4. The molecule has 42 heavy (non-hydrogen) atoms. The molecule has 0 amide bonds. The monoisotopic (exact) mass is 585 g/mol. The highest BCUT2D eigenvalue weighted by molar-refractivity contribution is 6.47. The maximum absolute atomic E-state index is 13.0. The van der Waals surface area contributed by atoms with Crippen molar-refractivity contribution in [2.24, 2.45) is 10.3 Å². The van der Waals surface area contributed by atoms with E-state index in [1.54, 1.807) is 44.3 Å². The lowest BCUT2D eigenvalue weighted by atomic mass is 9.88. The van der Waals surface area contributed by atoms with Gasteiger partial charge < -0.3 is 24.5 Å². The van der Waals surface area contributed by atoms with Gasteiger partial charge in [0.05, 0.1) is 12.7 Å². The van der Waals surface area contributed by atoms with Gasteiger partial charge in [0.15, 0.2) is 0 Å². The summed E-state index contributed by atoms with van der Waals surface area (Å²) in [7, 11) is 4.40. The maximum Gasteiger partial charge on any atom is 0.416 e. The van der Waals surface area contributed by atoms with E-state index >= 15 is 0 Å². The lowest BCUT2D eigenvalue weighted by Gasteiger charge is -2.22. The number of methoxy groups -OCH3 is 1. The summed E-state index contributed by atoms with van der Waals surface area (Å²) in [5.41, 5.74) is 5.29. The summed E-state index contributed by atoms with van der Waals surface area (Å²) in [4.78, 5) is 23.0. The molecule has 0 aromatic heterocycles. The predicted molar refractivity (Wildman–Crippen MR) is 154 cm³/mol. The number of halogens is 3. The summed E-state index contributed by atoms with van der Waals surface area (Å²) in [6.07, 6.45) is -1.90. The van der Waals surface area contributed by atoms with E-state index in [2.05, 4.69) is 15.6 Å². The van der Waals surface area contributed by atoms with Crippen molar-refractivity contribution in [2.75, 3.05) is 27.9 Å². The van der Waals surface area contributed by atoms with Gasteiger partial charge in [-0.05, 0) is 80.3 Å². The van der Waals surface area contributed by atoms with Crippen molar-refractivity contribution in [1.82, 2.24) is 5.32 Å². The Kier molecular flexibility index (Phi) is 11.0. The SMILES string of the molecule is CNC(C(=O)OC)=C1CC(C)=C(C)C=C1CON=C(C)C(=NOC)c1ccc(OCc2cccc(C(F)(F)F)c2)cc1. The summed E-state index contributed by atoms with van der Waals surface area (Å²) < 4.78 is 49.6. The minimum atomic E-state index is -4.42. The fourth-order valence-electron chi connectivity index (χ4n) is 4.22. The van der Waals surface area contributed by atoms with Crippen molar-refractivity contribution in [2.45, 2.75) is 40.0 Å². The molecule has 1 N–H and O–H groups in total. The van der Waals surface area contributed by atoms with Crippen LogP contribution in [-0.2, 0) is 32.0 Å². The van der Waals surface area contributed by atoms with Crippen molar-refractivity contribution < 1.29 is 37.1 Å². The number of esters is 1. The molecule has 0 heterocycles. The molecule has 0 bridgehead atoms. The summed E-state index contributed by atoms with van der Waals surface area (Å²) >= 11 is 0. The Morgan fingerprint density at radius 1 is 1.02 bits per heavy atom. The number of nitrogens with one attached hydrogen (secondary N) is 1. The van der Waals surface area contributed by atoms with Crippen molar-refractivity contribution in [3.8, 4) is 5.75 Å². The highest BCUT2D eigenvalue weighted by Gasteiger charge is 2.30. The van der Waals surface area contributed by atoms with Crippen LogP contribution in [0.3, 0.4) is 0 Å². The molecule has 0 aliphatic heterocycles. The third-order valence-electron chi connectivity index (χ3n) is 6.57. The van der Waals surface area contributed by atoms with Crippen LogP contribution in [0.2, 0.25) is 0 Å². The van der Waals surface area contributed by atoms with Gasteiger partial charge in [-0.3, -0.25) is 0 Å². The molecule has 224 valence electrons. The number of nitrogens with zero attached hydrogens (tertiary/aromatic N) is 2. The molecule has 0 radical (unpaired) electrons. The molecule has 2 aromatic carbocycles. The van der Waals surface area contributed by atoms with Gasteiger partial charge in [0.2, 0.25) is 0 Å². The van der Waals surface area contributed by atoms with Crippen LogP contribution in [0.15, 0.2) is 92.9 Å². The van der Waals surface area contributed by atoms with E-state index in [9.17, 15) is 18.0 Å². The van der Waals surface area contributed by atoms with E-state index in [-0.39, 0.29) is 13.2 Å². The molecule has 0 unspecified atom stereocenters. The van der Waals surface area contributed by atoms with Crippen molar-refractivity contribution in [3.05, 3.63) is 99.3 Å². The highest BCUT2D eigenvalue weighted by Crippen LogP contribution is 2.31. The topological polar surface area (TPSA) is 90.7 Å². The van der Waals surface area contributed by atoms with Crippen LogP contribution in [0.1, 0.15) is 43.9 Å². The molecule has 0 saturated carbocycles. The molecule has 0 atom stereocenters. The third-order valence-corrected chi connectivity index (χ3v) is 6.57. The van der Waals surface area contributed by atoms with Crippen LogP contribution in [0.5, 0.6) is 5.75 Å². The predicted octanol–water partition coefficient (Wildman–Crippen LogP) is 6.34. The molecule has 8 nitrogen and oxygen atoms in total. The summed E-state index contributed by atoms with van der Waals surface area (Å²) in [6, 6.07) is 11.8. The number of allylic oxidation sites excluding steroid dienone is 3. The van der Waals surface area contributed by atoms with E-state index in [0.717, 1.165) is 34.4 Å². The van der Waals surface area contributed by atoms with Crippen LogP contribution < -0.4 is 10.1 Å². The maximum atomic E-state index is 13.0. The van der Waals surface area contributed by atoms with Gasteiger partial charge in [-0.2, -0.15) is 13.2 Å². The van der Waals surface area contributed by atoms with E-state index in [1.807, 2.05) is 19.9 Å². The van der Waals surface area contributed by atoms with Crippen LogP contribution in [0.4, 0.5) is 13.2 Å². The number of oxime groups is 2. The summed E-state index contributed by atoms with van der Waals surface area (Å²) in [6.45, 7) is 5.79. The normalized spacial score (nSPS) is 15.6. The van der Waals surface area contributed by atoms with Gasteiger partial charge in [-0.25, -0.2) is 4.79 Å². The fourth-order valence-corrected chi connectivity index (χ4v) is 4.22. The molecule has 0 fully saturated rings. The number of likely N-dealkylation sites (N-methyl/N-ethyl adjacent to an activating group) is 1. The van der Waals surface area contributed by atoms with Gasteiger partial charge in [-0.15, -0.1) is 0 Å². The van der Waals surface area contributed by atoms with Crippen molar-refractivity contribution in [1.29, 1.82) is 0 Å². The number of benzene rings is 2. The second-order valence-corrected chi connectivity index (χ2v) is 9.49. The van der Waals surface area contributed by atoms with Gasteiger partial charge in [-0.1, -0.05) is 39.7 Å². The first-order valence-electron chi connectivity index (χ1n) is 13.0. The van der Waals surface area contributed by atoms with E-state index < -0.39 is 17.7 Å². The average molecular weight is 586 g/mol. The number of carbonyl (C=O) groups excluding carboxylic acids is 1. The van der Waals surface area contributed by atoms with Crippen molar-refractivity contribution >= 4 is 17.4 Å². The van der Waals surface area contributed by atoms with E-state index in [4.69, 9.17) is 19.1 Å². The Hall–Kier alpha value is -4.54. The molecule has 11 heteroatoms. The first-order valence-corrected chi connectivity index (χ1v) is 13.0.